The fraction of sp³-hybridized carbons (Fsp3) is 0. The molecule has 0 aliphatic carbocycles. The maximum Gasteiger partial charge on any atom is 1.00 e. The second-order valence-corrected chi connectivity index (χ2v) is 8.14. The van der Waals surface area contributed by atoms with E-state index in [2.05, 4.69) is 121 Å². The van der Waals surface area contributed by atoms with E-state index >= 15 is 0 Å². The molecule has 0 fully saturated rings. The summed E-state index contributed by atoms with van der Waals surface area (Å²) >= 11 is 0. The maximum atomic E-state index is 2.23. The number of benzene rings is 4. The average molecular weight is 394 g/mol. The Labute approximate surface area is 191 Å². The summed E-state index contributed by atoms with van der Waals surface area (Å²) in [6.45, 7) is 0. The first-order chi connectivity index (χ1) is 14.4. The number of rotatable bonds is 4. The van der Waals surface area contributed by atoms with Crippen LogP contribution in [0.4, 0.5) is 0 Å². The molecule has 30 heavy (non-hydrogen) atoms. The van der Waals surface area contributed by atoms with Crippen molar-refractivity contribution in [3.8, 4) is 44.0 Å². The van der Waals surface area contributed by atoms with Crippen molar-refractivity contribution in [2.24, 2.45) is 0 Å². The molecule has 0 unspecified atom stereocenters. The summed E-state index contributed by atoms with van der Waals surface area (Å²) in [7, 11) is 1.25. The molecular formula is C28H20LiP. The zero-order chi connectivity index (χ0) is 19.5. The van der Waals surface area contributed by atoms with E-state index in [4.69, 9.17) is 0 Å². The van der Waals surface area contributed by atoms with Crippen molar-refractivity contribution >= 4 is 8.19 Å². The van der Waals surface area contributed by atoms with Gasteiger partial charge in [-0.3, -0.25) is 0 Å². The van der Waals surface area contributed by atoms with Gasteiger partial charge in [0.25, 0.3) is 0 Å². The molecule has 0 amide bonds. The van der Waals surface area contributed by atoms with Crippen LogP contribution in [0.3, 0.4) is 0 Å². The third-order valence-electron chi connectivity index (χ3n) is 5.17. The second kappa shape index (κ2) is 9.38. The minimum Gasteiger partial charge on any atom is -0.136 e. The smallest absolute Gasteiger partial charge is 0.136 e. The molecule has 0 saturated carbocycles. The molecule has 0 aliphatic heterocycles. The third-order valence-corrected chi connectivity index (χ3v) is 6.58. The van der Waals surface area contributed by atoms with E-state index in [9.17, 15) is 0 Å². The van der Waals surface area contributed by atoms with E-state index in [1.54, 1.807) is 0 Å². The Kier molecular flexibility index (Phi) is 6.42. The first-order valence-corrected chi connectivity index (χ1v) is 10.7. The molecule has 5 aromatic rings. The van der Waals surface area contributed by atoms with Crippen molar-refractivity contribution in [3.05, 3.63) is 121 Å². The summed E-state index contributed by atoms with van der Waals surface area (Å²) in [5.74, 6) is 0. The fourth-order valence-electron chi connectivity index (χ4n) is 3.84. The molecule has 1 heterocycles. The Morgan fingerprint density at radius 2 is 0.900 bits per heavy atom. The molecule has 0 N–H and O–H groups in total. The molecule has 0 aliphatic rings. The zero-order valence-corrected chi connectivity index (χ0v) is 17.9. The molecular weight excluding hydrogens is 374 g/mol. The minimum absolute atomic E-state index is 0. The second-order valence-electron chi connectivity index (χ2n) is 7.02. The molecule has 4 aromatic carbocycles. The van der Waals surface area contributed by atoms with Crippen molar-refractivity contribution in [2.45, 2.75) is 0 Å². The molecule has 0 nitrogen and oxygen atoms in total. The van der Waals surface area contributed by atoms with Gasteiger partial charge in [-0.25, -0.2) is 0 Å². The standard InChI is InChI=1S/C28H20P.Li/c1-5-13-21(14-6-1)25-26(22-15-7-2-8-16-22)28(24-19-11-4-12-20-24)29-27(25)23-17-9-3-10-18-23;/h1-20H;/q-1;+1. The molecule has 2 heteroatoms. The van der Waals surface area contributed by atoms with Gasteiger partial charge >= 0.3 is 18.9 Å². The van der Waals surface area contributed by atoms with Crippen molar-refractivity contribution in [2.75, 3.05) is 0 Å². The largest absolute Gasteiger partial charge is 1.00 e. The van der Waals surface area contributed by atoms with Gasteiger partial charge in [0.05, 0.1) is 0 Å². The molecule has 0 radical (unpaired) electrons. The van der Waals surface area contributed by atoms with Crippen LogP contribution in [0.1, 0.15) is 0 Å². The Bertz CT molecular complexity index is 1110. The van der Waals surface area contributed by atoms with E-state index in [-0.39, 0.29) is 18.9 Å². The van der Waals surface area contributed by atoms with Crippen LogP contribution in [-0.2, 0) is 0 Å². The SMILES string of the molecule is [Li+].c1ccc(-c2p[c-](-c3ccccc3)c(-c3ccccc3)c2-c2ccccc2)cc1. The normalized spacial score (nSPS) is 10.7. The summed E-state index contributed by atoms with van der Waals surface area (Å²) in [6, 6.07) is 43.2. The van der Waals surface area contributed by atoms with Crippen LogP contribution in [0.25, 0.3) is 44.0 Å². The minimum atomic E-state index is 0. The van der Waals surface area contributed by atoms with Crippen LogP contribution in [0.5, 0.6) is 0 Å². The summed E-state index contributed by atoms with van der Waals surface area (Å²) in [5, 5.41) is 2.74. The molecule has 0 atom stereocenters. The van der Waals surface area contributed by atoms with Gasteiger partial charge in [-0.15, -0.1) is 20.3 Å². The van der Waals surface area contributed by atoms with Gasteiger partial charge in [0, 0.05) is 0 Å². The van der Waals surface area contributed by atoms with Crippen LogP contribution in [0.15, 0.2) is 121 Å². The van der Waals surface area contributed by atoms with Gasteiger partial charge in [0.15, 0.2) is 0 Å². The summed E-state index contributed by atoms with van der Waals surface area (Å²) in [4.78, 5) is 0. The quantitative estimate of drug-likeness (QED) is 0.273. The van der Waals surface area contributed by atoms with Crippen LogP contribution in [-0.4, -0.2) is 0 Å². The Hall–Kier alpha value is -2.74. The van der Waals surface area contributed by atoms with Gasteiger partial charge in [0.2, 0.25) is 0 Å². The van der Waals surface area contributed by atoms with Crippen LogP contribution >= 0.6 is 8.19 Å². The van der Waals surface area contributed by atoms with Crippen molar-refractivity contribution in [1.29, 1.82) is 0 Å². The zero-order valence-electron chi connectivity index (χ0n) is 17.0. The monoisotopic (exact) mass is 394 g/mol. The predicted octanol–water partition coefficient (Wildman–Crippen LogP) is 5.66. The Balaban J connectivity index is 0.00000218. The fourth-order valence-corrected chi connectivity index (χ4v) is 5.33. The first kappa shape index (κ1) is 20.5. The predicted molar refractivity (Wildman–Crippen MR) is 126 cm³/mol. The van der Waals surface area contributed by atoms with Crippen LogP contribution in [0.2, 0.25) is 0 Å². The molecule has 5 rings (SSSR count). The van der Waals surface area contributed by atoms with Gasteiger partial charge < -0.3 is 0 Å². The average Bonchev–Trinajstić information content (AvgIpc) is 3.22. The number of hydrogen-bond acceptors (Lipinski definition) is 0. The van der Waals surface area contributed by atoms with E-state index in [0.29, 0.717) is 0 Å². The van der Waals surface area contributed by atoms with E-state index in [1.165, 1.54) is 52.2 Å². The molecule has 0 saturated heterocycles. The van der Waals surface area contributed by atoms with Gasteiger partial charge in [0.1, 0.15) is 0 Å². The molecule has 0 spiro atoms. The Morgan fingerprint density at radius 3 is 1.43 bits per heavy atom. The van der Waals surface area contributed by atoms with Crippen molar-refractivity contribution in [1.82, 2.24) is 0 Å². The third kappa shape index (κ3) is 3.96. The molecule has 1 aromatic heterocycles. The van der Waals surface area contributed by atoms with Gasteiger partial charge in [-0.1, -0.05) is 148 Å². The molecule has 138 valence electrons. The van der Waals surface area contributed by atoms with E-state index in [0.717, 1.165) is 0 Å². The maximum absolute atomic E-state index is 2.23. The topological polar surface area (TPSA) is 0 Å². The van der Waals surface area contributed by atoms with Crippen LogP contribution < -0.4 is 18.9 Å². The van der Waals surface area contributed by atoms with Gasteiger partial charge in [-0.2, -0.15) is 0 Å². The van der Waals surface area contributed by atoms with E-state index < -0.39 is 0 Å². The number of hydrogen-bond donors (Lipinski definition) is 0. The van der Waals surface area contributed by atoms with E-state index in [1.807, 2.05) is 0 Å². The van der Waals surface area contributed by atoms with Crippen LogP contribution in [0, 0.1) is 0 Å². The summed E-state index contributed by atoms with van der Waals surface area (Å²) in [5.41, 5.74) is 7.78. The molecule has 0 bridgehead atoms. The van der Waals surface area contributed by atoms with Crippen molar-refractivity contribution in [3.63, 3.8) is 0 Å². The van der Waals surface area contributed by atoms with Crippen molar-refractivity contribution < 1.29 is 18.9 Å². The van der Waals surface area contributed by atoms with Gasteiger partial charge in [-0.05, 0) is 5.56 Å². The summed E-state index contributed by atoms with van der Waals surface area (Å²) in [6.07, 6.45) is 0. The first-order valence-electron chi connectivity index (χ1n) is 9.84. The Morgan fingerprint density at radius 1 is 0.467 bits per heavy atom. The summed E-state index contributed by atoms with van der Waals surface area (Å²) < 4.78 is 0.